The van der Waals surface area contributed by atoms with E-state index >= 15 is 0 Å². The van der Waals surface area contributed by atoms with Crippen molar-refractivity contribution in [3.05, 3.63) is 72.4 Å². The third-order valence-corrected chi connectivity index (χ3v) is 9.44. The van der Waals surface area contributed by atoms with Crippen molar-refractivity contribution in [2.24, 2.45) is 7.05 Å². The molecule has 0 spiro atoms. The van der Waals surface area contributed by atoms with Gasteiger partial charge in [-0.2, -0.15) is 19.0 Å². The summed E-state index contributed by atoms with van der Waals surface area (Å²) in [5, 5.41) is 9.86. The van der Waals surface area contributed by atoms with Crippen molar-refractivity contribution < 1.29 is 26.3 Å². The Morgan fingerprint density at radius 2 is 1.73 bits per heavy atom. The monoisotopic (exact) mass is 683 g/mol. The minimum Gasteiger partial charge on any atom is -0.484 e. The van der Waals surface area contributed by atoms with Crippen molar-refractivity contribution in [3.63, 3.8) is 0 Å². The van der Waals surface area contributed by atoms with Gasteiger partial charge in [-0.15, -0.1) is 0 Å². The van der Waals surface area contributed by atoms with E-state index in [1.165, 1.54) is 42.5 Å². The maximum absolute atomic E-state index is 13.5. The molecule has 3 N–H and O–H groups in total. The summed E-state index contributed by atoms with van der Waals surface area (Å²) in [6, 6.07) is 9.90. The van der Waals surface area contributed by atoms with E-state index in [0.717, 1.165) is 50.4 Å². The van der Waals surface area contributed by atoms with Gasteiger partial charge in [0, 0.05) is 68.9 Å². The number of alkyl halides is 2. The van der Waals surface area contributed by atoms with Gasteiger partial charge in [0.1, 0.15) is 29.2 Å². The van der Waals surface area contributed by atoms with E-state index in [-0.39, 0.29) is 17.3 Å². The van der Waals surface area contributed by atoms with Crippen LogP contribution in [-0.4, -0.2) is 88.3 Å². The molecule has 0 aliphatic carbocycles. The molecular weight excluding hydrogens is 647 g/mol. The molecule has 16 heteroatoms. The maximum Gasteiger partial charge on any atom is 0.355 e. The number of piperazine rings is 1. The van der Waals surface area contributed by atoms with Crippen LogP contribution in [0.4, 0.5) is 24.7 Å². The topological polar surface area (TPSA) is 136 Å². The second kappa shape index (κ2) is 13.4. The molecule has 0 amide bonds. The number of rotatable bonds is 11. The van der Waals surface area contributed by atoms with Crippen LogP contribution in [0.15, 0.2) is 61.1 Å². The first-order valence-corrected chi connectivity index (χ1v) is 16.9. The summed E-state index contributed by atoms with van der Waals surface area (Å²) < 4.78 is 76.0. The Labute approximate surface area is 276 Å². The molecule has 2 aromatic carbocycles. The van der Waals surface area contributed by atoms with E-state index in [4.69, 9.17) is 15.6 Å². The number of anilines is 2. The van der Waals surface area contributed by atoms with E-state index < -0.39 is 27.7 Å². The maximum atomic E-state index is 13.5. The van der Waals surface area contributed by atoms with E-state index in [2.05, 4.69) is 26.9 Å². The number of benzene rings is 2. The summed E-state index contributed by atoms with van der Waals surface area (Å²) in [6.45, 7) is 7.39. The van der Waals surface area contributed by atoms with Gasteiger partial charge in [0.2, 0.25) is 0 Å². The number of sulfonamides is 1. The van der Waals surface area contributed by atoms with Gasteiger partial charge < -0.3 is 15.4 Å². The number of fused-ring (bicyclic) bond motifs is 1. The number of pyridine rings is 1. The molecule has 0 bridgehead atoms. The zero-order valence-electron chi connectivity index (χ0n) is 26.6. The fraction of sp³-hybridized carbons (Fsp3) is 0.344. The van der Waals surface area contributed by atoms with Crippen LogP contribution in [0.3, 0.4) is 0 Å². The van der Waals surface area contributed by atoms with Crippen molar-refractivity contribution in [1.82, 2.24) is 34.3 Å². The summed E-state index contributed by atoms with van der Waals surface area (Å²) in [5.74, 6) is -3.94. The lowest BCUT2D eigenvalue weighted by atomic mass is 10.0. The number of ether oxygens (including phenoxy) is 1. The highest BCUT2D eigenvalue weighted by atomic mass is 32.2. The molecule has 254 valence electrons. The number of hydrogen-bond acceptors (Lipinski definition) is 9. The Bertz CT molecular complexity index is 2030. The van der Waals surface area contributed by atoms with Crippen LogP contribution in [0.5, 0.6) is 5.75 Å². The molecule has 48 heavy (non-hydrogen) atoms. The molecule has 0 unspecified atom stereocenters. The summed E-state index contributed by atoms with van der Waals surface area (Å²) in [6.07, 6.45) is 4.70. The first kappa shape index (κ1) is 33.2. The quantitative estimate of drug-likeness (QED) is 0.205. The molecule has 5 aromatic rings. The fourth-order valence-corrected chi connectivity index (χ4v) is 6.29. The van der Waals surface area contributed by atoms with Crippen molar-refractivity contribution in [3.8, 4) is 28.1 Å². The average molecular weight is 684 g/mol. The number of nitrogens with one attached hydrogen (secondary N) is 1. The van der Waals surface area contributed by atoms with E-state index in [1.54, 1.807) is 31.0 Å². The molecule has 4 heterocycles. The first-order chi connectivity index (χ1) is 22.9. The third kappa shape index (κ3) is 6.95. The van der Waals surface area contributed by atoms with Crippen molar-refractivity contribution >= 4 is 32.4 Å². The number of halogens is 3. The molecule has 3 aromatic heterocycles. The van der Waals surface area contributed by atoms with Gasteiger partial charge in [-0.1, -0.05) is 18.2 Å². The van der Waals surface area contributed by atoms with Gasteiger partial charge in [0.05, 0.1) is 29.3 Å². The molecule has 1 aliphatic rings. The van der Waals surface area contributed by atoms with Crippen LogP contribution in [0.1, 0.15) is 18.6 Å². The van der Waals surface area contributed by atoms with Gasteiger partial charge in [0.15, 0.2) is 0 Å². The minimum atomic E-state index is -5.02. The van der Waals surface area contributed by atoms with Crippen LogP contribution < -0.4 is 15.2 Å². The highest BCUT2D eigenvalue weighted by Crippen LogP contribution is 2.40. The Kier molecular flexibility index (Phi) is 9.31. The summed E-state index contributed by atoms with van der Waals surface area (Å²) in [5.41, 5.74) is 9.97. The summed E-state index contributed by atoms with van der Waals surface area (Å²) in [7, 11) is -1.12. The van der Waals surface area contributed by atoms with E-state index in [0.29, 0.717) is 27.7 Å². The minimum absolute atomic E-state index is 0.0448. The number of aromatic nitrogens is 5. The SMILES string of the molecule is C[C@H](Oc1cc(-c2nn(C)c3c(-c4cnn(CCN5CCN(C)CC5)c4)cnc(N)c23)ccc1NS(=O)(=O)C(F)F)c1ccc(F)cc1. The molecule has 0 radical (unpaired) electrons. The number of aryl methyl sites for hydroxylation is 1. The predicted molar refractivity (Wildman–Crippen MR) is 178 cm³/mol. The smallest absolute Gasteiger partial charge is 0.355 e. The van der Waals surface area contributed by atoms with Crippen LogP contribution in [0.2, 0.25) is 0 Å². The van der Waals surface area contributed by atoms with Gasteiger partial charge in [0.25, 0.3) is 10.0 Å². The first-order valence-electron chi connectivity index (χ1n) is 15.3. The van der Waals surface area contributed by atoms with Crippen molar-refractivity contribution in [1.29, 1.82) is 0 Å². The van der Waals surface area contributed by atoms with Gasteiger partial charge in [-0.25, -0.2) is 17.8 Å². The molecule has 1 aliphatic heterocycles. The van der Waals surface area contributed by atoms with Crippen LogP contribution in [0.25, 0.3) is 33.3 Å². The highest BCUT2D eigenvalue weighted by molar-refractivity contribution is 7.93. The second-order valence-electron chi connectivity index (χ2n) is 11.8. The van der Waals surface area contributed by atoms with Crippen LogP contribution >= 0.6 is 0 Å². The number of nitrogens with zero attached hydrogens (tertiary/aromatic N) is 7. The standard InChI is InChI=1S/C32H36F3N9O3S/c1-20(21-4-7-24(33)8-5-21)47-27-16-22(6-9-26(27)40-48(45,46)32(34)35)29-28-30(42(3)39-29)25(18-37-31(28)36)23-17-38-44(19-23)15-14-43-12-10-41(2)11-13-43/h4-9,16-20,32,40H,10-15H2,1-3H3,(H2,36,37)/t20-/m0/s1. The number of likely N-dealkylation sites (N-methyl/N-ethyl adjacent to an activating group) is 1. The molecule has 1 saturated heterocycles. The number of nitrogens with two attached hydrogens (primary N) is 1. The predicted octanol–water partition coefficient (Wildman–Crippen LogP) is 4.57. The Morgan fingerprint density at radius 3 is 2.44 bits per heavy atom. The Morgan fingerprint density at radius 1 is 1.00 bits per heavy atom. The van der Waals surface area contributed by atoms with Gasteiger partial charge >= 0.3 is 5.76 Å². The number of nitrogen functional groups attached to an aromatic ring is 1. The summed E-state index contributed by atoms with van der Waals surface area (Å²) >= 11 is 0. The van der Waals surface area contributed by atoms with Crippen LogP contribution in [0, 0.1) is 5.82 Å². The lowest BCUT2D eigenvalue weighted by Gasteiger charge is -2.32. The fourth-order valence-electron chi connectivity index (χ4n) is 5.73. The average Bonchev–Trinajstić information content (AvgIpc) is 3.67. The molecule has 0 saturated carbocycles. The molecule has 1 fully saturated rings. The Hall–Kier alpha value is -4.67. The molecule has 12 nitrogen and oxygen atoms in total. The van der Waals surface area contributed by atoms with E-state index in [9.17, 15) is 21.6 Å². The van der Waals surface area contributed by atoms with Gasteiger partial charge in [-0.3, -0.25) is 19.0 Å². The number of hydrogen-bond donors (Lipinski definition) is 2. The van der Waals surface area contributed by atoms with Gasteiger partial charge in [-0.05, 0) is 43.8 Å². The van der Waals surface area contributed by atoms with E-state index in [1.807, 2.05) is 15.6 Å². The van der Waals surface area contributed by atoms with Crippen LogP contribution in [-0.2, 0) is 23.6 Å². The lowest BCUT2D eigenvalue weighted by molar-refractivity contribution is 0.149. The molecule has 1 atom stereocenters. The largest absolute Gasteiger partial charge is 0.484 e. The molecule has 6 rings (SSSR count). The van der Waals surface area contributed by atoms with Crippen molar-refractivity contribution in [2.45, 2.75) is 25.3 Å². The summed E-state index contributed by atoms with van der Waals surface area (Å²) in [4.78, 5) is 9.19. The third-order valence-electron chi connectivity index (χ3n) is 8.46. The highest BCUT2D eigenvalue weighted by Gasteiger charge is 2.27. The zero-order chi connectivity index (χ0) is 34.2. The lowest BCUT2D eigenvalue weighted by Crippen LogP contribution is -2.45. The normalized spacial score (nSPS) is 15.3. The zero-order valence-corrected chi connectivity index (χ0v) is 27.5. The van der Waals surface area contributed by atoms with Crippen molar-refractivity contribution in [2.75, 3.05) is 50.2 Å². The Balaban J connectivity index is 1.35. The molecular formula is C32H36F3N9O3S. The second-order valence-corrected chi connectivity index (χ2v) is 13.5.